The van der Waals surface area contributed by atoms with Crippen LogP contribution in [0.15, 0.2) is 48.5 Å². The number of benzene rings is 2. The summed E-state index contributed by atoms with van der Waals surface area (Å²) in [7, 11) is 3.15. The van der Waals surface area contributed by atoms with Crippen molar-refractivity contribution in [2.75, 3.05) is 19.9 Å². The van der Waals surface area contributed by atoms with Gasteiger partial charge in [-0.1, -0.05) is 42.0 Å². The largest absolute Gasteiger partial charge is 0.465 e. The Bertz CT molecular complexity index is 711. The highest BCUT2D eigenvalue weighted by molar-refractivity contribution is 7.99. The average molecular weight is 357 g/mol. The van der Waals surface area contributed by atoms with Gasteiger partial charge in [0.05, 0.1) is 18.4 Å². The maximum Gasteiger partial charge on any atom is 0.337 e. The summed E-state index contributed by atoms with van der Waals surface area (Å²) in [5.41, 5.74) is 3.95. The van der Waals surface area contributed by atoms with Crippen molar-refractivity contribution in [3.05, 3.63) is 70.8 Å². The van der Waals surface area contributed by atoms with Crippen molar-refractivity contribution in [3.8, 4) is 0 Å². The molecule has 2 aromatic rings. The fraction of sp³-hybridized carbons (Fsp3) is 0.300. The molecular weight excluding hydrogens is 334 g/mol. The molecule has 0 saturated heterocycles. The molecule has 0 N–H and O–H groups in total. The summed E-state index contributed by atoms with van der Waals surface area (Å²) in [5.74, 6) is 1.01. The summed E-state index contributed by atoms with van der Waals surface area (Å²) < 4.78 is 4.68. The topological polar surface area (TPSA) is 46.6 Å². The van der Waals surface area contributed by atoms with E-state index in [1.165, 1.54) is 18.2 Å². The maximum atomic E-state index is 12.2. The molecule has 0 aliphatic rings. The second-order valence-electron chi connectivity index (χ2n) is 5.92. The lowest BCUT2D eigenvalue weighted by Crippen LogP contribution is -2.27. The minimum absolute atomic E-state index is 0.0918. The molecule has 25 heavy (non-hydrogen) atoms. The van der Waals surface area contributed by atoms with E-state index in [4.69, 9.17) is 0 Å². The van der Waals surface area contributed by atoms with Gasteiger partial charge in [0.15, 0.2) is 0 Å². The minimum Gasteiger partial charge on any atom is -0.465 e. The molecule has 0 aliphatic carbocycles. The van der Waals surface area contributed by atoms with Crippen LogP contribution in [0.5, 0.6) is 0 Å². The van der Waals surface area contributed by atoms with E-state index in [-0.39, 0.29) is 11.9 Å². The molecule has 132 valence electrons. The van der Waals surface area contributed by atoms with Gasteiger partial charge in [-0.05, 0) is 30.2 Å². The Labute approximate surface area is 153 Å². The smallest absolute Gasteiger partial charge is 0.337 e. The Morgan fingerprint density at radius 3 is 2.20 bits per heavy atom. The number of hydrogen-bond donors (Lipinski definition) is 0. The Kier molecular flexibility index (Phi) is 7.07. The number of ether oxygens (including phenoxy) is 1. The predicted molar refractivity (Wildman–Crippen MR) is 102 cm³/mol. The van der Waals surface area contributed by atoms with Gasteiger partial charge in [-0.2, -0.15) is 0 Å². The molecule has 5 heteroatoms. The molecule has 0 unspecified atom stereocenters. The summed E-state index contributed by atoms with van der Waals surface area (Å²) in [6.45, 7) is 2.58. The van der Waals surface area contributed by atoms with Crippen LogP contribution in [0.25, 0.3) is 0 Å². The molecule has 4 nitrogen and oxygen atoms in total. The lowest BCUT2D eigenvalue weighted by Gasteiger charge is -2.17. The van der Waals surface area contributed by atoms with Gasteiger partial charge in [0.1, 0.15) is 0 Å². The molecule has 1 amide bonds. The van der Waals surface area contributed by atoms with Crippen LogP contribution in [-0.4, -0.2) is 36.7 Å². The van der Waals surface area contributed by atoms with E-state index >= 15 is 0 Å². The first-order valence-electron chi connectivity index (χ1n) is 8.04. The van der Waals surface area contributed by atoms with Crippen LogP contribution in [-0.2, 0) is 21.8 Å². The van der Waals surface area contributed by atoms with E-state index in [0.29, 0.717) is 17.9 Å². The maximum absolute atomic E-state index is 12.2. The van der Waals surface area contributed by atoms with Crippen molar-refractivity contribution in [2.45, 2.75) is 19.2 Å². The van der Waals surface area contributed by atoms with E-state index < -0.39 is 0 Å². The van der Waals surface area contributed by atoms with Crippen LogP contribution >= 0.6 is 11.8 Å². The SMILES string of the molecule is COC(=O)c1ccc(CN(C)C(=O)CSCc2ccc(C)cc2)cc1. The number of methoxy groups -OCH3 is 1. The highest BCUT2D eigenvalue weighted by Gasteiger charge is 2.10. The predicted octanol–water partition coefficient (Wildman–Crippen LogP) is 3.67. The van der Waals surface area contributed by atoms with Crippen LogP contribution in [0.3, 0.4) is 0 Å². The zero-order valence-corrected chi connectivity index (χ0v) is 15.6. The van der Waals surface area contributed by atoms with Crippen molar-refractivity contribution in [1.82, 2.24) is 4.90 Å². The number of carbonyl (C=O) groups excluding carboxylic acids is 2. The molecule has 0 spiro atoms. The van der Waals surface area contributed by atoms with Crippen LogP contribution in [0.2, 0.25) is 0 Å². The number of nitrogens with zero attached hydrogens (tertiary/aromatic N) is 1. The molecule has 0 aromatic heterocycles. The molecule has 0 heterocycles. The summed E-state index contributed by atoms with van der Waals surface area (Å²) in [6.07, 6.45) is 0. The summed E-state index contributed by atoms with van der Waals surface area (Å²) >= 11 is 1.62. The van der Waals surface area contributed by atoms with Crippen molar-refractivity contribution in [3.63, 3.8) is 0 Å². The second-order valence-corrected chi connectivity index (χ2v) is 6.90. The molecule has 0 fully saturated rings. The third-order valence-corrected chi connectivity index (χ3v) is 4.82. The van der Waals surface area contributed by atoms with E-state index in [1.54, 1.807) is 35.8 Å². The molecular formula is C20H23NO3S. The molecule has 2 rings (SSSR count). The standard InChI is InChI=1S/C20H23NO3S/c1-15-4-6-17(7-5-15)13-25-14-19(22)21(2)12-16-8-10-18(11-9-16)20(23)24-3/h4-11H,12-14H2,1-3H3. The van der Waals surface area contributed by atoms with Gasteiger partial charge in [-0.25, -0.2) is 4.79 Å². The van der Waals surface area contributed by atoms with Gasteiger partial charge in [0.2, 0.25) is 5.91 Å². The van der Waals surface area contributed by atoms with Gasteiger partial charge in [-0.15, -0.1) is 11.8 Å². The molecule has 0 bridgehead atoms. The Morgan fingerprint density at radius 1 is 1.00 bits per heavy atom. The van der Waals surface area contributed by atoms with Crippen LogP contribution in [0.4, 0.5) is 0 Å². The number of hydrogen-bond acceptors (Lipinski definition) is 4. The molecule has 0 atom stereocenters. The zero-order valence-electron chi connectivity index (χ0n) is 14.8. The Balaban J connectivity index is 1.79. The average Bonchev–Trinajstić information content (AvgIpc) is 2.63. The number of esters is 1. The highest BCUT2D eigenvalue weighted by Crippen LogP contribution is 2.14. The number of rotatable bonds is 7. The van der Waals surface area contributed by atoms with E-state index in [1.807, 2.05) is 12.1 Å². The van der Waals surface area contributed by atoms with E-state index in [9.17, 15) is 9.59 Å². The second kappa shape index (κ2) is 9.28. The first-order valence-corrected chi connectivity index (χ1v) is 9.19. The normalized spacial score (nSPS) is 10.4. The van der Waals surface area contributed by atoms with Gasteiger partial charge in [-0.3, -0.25) is 4.79 Å². The molecule has 2 aromatic carbocycles. The Morgan fingerprint density at radius 2 is 1.60 bits per heavy atom. The molecule has 0 aliphatic heterocycles. The van der Waals surface area contributed by atoms with Gasteiger partial charge >= 0.3 is 5.97 Å². The number of amides is 1. The third-order valence-electron chi connectivity index (χ3n) is 3.84. The molecule has 0 saturated carbocycles. The highest BCUT2D eigenvalue weighted by atomic mass is 32.2. The number of aryl methyl sites for hydroxylation is 1. The zero-order chi connectivity index (χ0) is 18.2. The number of carbonyl (C=O) groups is 2. The third kappa shape index (κ3) is 5.94. The van der Waals surface area contributed by atoms with Gasteiger partial charge in [0.25, 0.3) is 0 Å². The summed E-state index contributed by atoms with van der Waals surface area (Å²) in [5, 5.41) is 0. The Hall–Kier alpha value is -2.27. The summed E-state index contributed by atoms with van der Waals surface area (Å²) in [4.78, 5) is 25.4. The number of thioether (sulfide) groups is 1. The fourth-order valence-electron chi connectivity index (χ4n) is 2.28. The summed E-state index contributed by atoms with van der Waals surface area (Å²) in [6, 6.07) is 15.5. The lowest BCUT2D eigenvalue weighted by atomic mass is 10.1. The quantitative estimate of drug-likeness (QED) is 0.709. The lowest BCUT2D eigenvalue weighted by molar-refractivity contribution is -0.127. The van der Waals surface area contributed by atoms with E-state index in [2.05, 4.69) is 35.9 Å². The van der Waals surface area contributed by atoms with Gasteiger partial charge in [0, 0.05) is 19.3 Å². The van der Waals surface area contributed by atoms with Crippen molar-refractivity contribution >= 4 is 23.6 Å². The van der Waals surface area contributed by atoms with Crippen LogP contribution in [0.1, 0.15) is 27.0 Å². The first kappa shape index (κ1) is 19.1. The van der Waals surface area contributed by atoms with Crippen molar-refractivity contribution in [2.24, 2.45) is 0 Å². The fourth-order valence-corrected chi connectivity index (χ4v) is 3.20. The first-order chi connectivity index (χ1) is 12.0. The van der Waals surface area contributed by atoms with Crippen LogP contribution in [0, 0.1) is 6.92 Å². The van der Waals surface area contributed by atoms with Crippen LogP contribution < -0.4 is 0 Å². The van der Waals surface area contributed by atoms with Crippen molar-refractivity contribution in [1.29, 1.82) is 0 Å². The minimum atomic E-state index is -0.358. The van der Waals surface area contributed by atoms with Crippen molar-refractivity contribution < 1.29 is 14.3 Å². The van der Waals surface area contributed by atoms with Gasteiger partial charge < -0.3 is 9.64 Å². The van der Waals surface area contributed by atoms with E-state index in [0.717, 1.165) is 11.3 Å². The molecule has 0 radical (unpaired) electrons. The monoisotopic (exact) mass is 357 g/mol.